The summed E-state index contributed by atoms with van der Waals surface area (Å²) in [6, 6.07) is 0. The molecular formula is C13H17Br2NO4. The Kier molecular flexibility index (Phi) is 6.75. The monoisotopic (exact) mass is 409 g/mol. The summed E-state index contributed by atoms with van der Waals surface area (Å²) in [6.45, 7) is 5.89. The molecular weight excluding hydrogens is 394 g/mol. The lowest BCUT2D eigenvalue weighted by atomic mass is 10.1. The van der Waals surface area contributed by atoms with Crippen LogP contribution in [0.3, 0.4) is 0 Å². The minimum Gasteiger partial charge on any atom is -0.461 e. The van der Waals surface area contributed by atoms with E-state index < -0.39 is 11.9 Å². The van der Waals surface area contributed by atoms with Crippen molar-refractivity contribution in [3.05, 3.63) is 22.5 Å². The Morgan fingerprint density at radius 1 is 1.15 bits per heavy atom. The molecule has 1 aromatic rings. The molecule has 1 rings (SSSR count). The number of aromatic amines is 1. The maximum atomic E-state index is 12.0. The molecule has 0 aromatic carbocycles. The number of nitrogens with one attached hydrogen (secondary N) is 1. The van der Waals surface area contributed by atoms with Crippen LogP contribution in [-0.2, 0) is 14.8 Å². The number of esters is 2. The minimum atomic E-state index is -0.480. The van der Waals surface area contributed by atoms with Crippen LogP contribution in [0.2, 0.25) is 0 Å². The summed E-state index contributed by atoms with van der Waals surface area (Å²) in [7, 11) is 0. The summed E-state index contributed by atoms with van der Waals surface area (Å²) in [5.74, 6) is -0.960. The molecule has 0 saturated heterocycles. The molecule has 0 amide bonds. The number of carbonyl (C=O) groups excluding carboxylic acids is 2. The highest BCUT2D eigenvalue weighted by atomic mass is 79.9. The number of hydrogen-bond acceptors (Lipinski definition) is 4. The lowest BCUT2D eigenvalue weighted by Crippen LogP contribution is -2.09. The van der Waals surface area contributed by atoms with Gasteiger partial charge >= 0.3 is 11.9 Å². The van der Waals surface area contributed by atoms with E-state index in [0.29, 0.717) is 16.5 Å². The molecule has 0 aliphatic rings. The van der Waals surface area contributed by atoms with Crippen molar-refractivity contribution in [1.82, 2.24) is 4.98 Å². The average Bonchev–Trinajstić information content (AvgIpc) is 2.78. The lowest BCUT2D eigenvalue weighted by molar-refractivity contribution is 0.0515. The molecule has 1 N–H and O–H groups in total. The van der Waals surface area contributed by atoms with E-state index in [4.69, 9.17) is 9.47 Å². The Labute approximate surface area is 134 Å². The minimum absolute atomic E-state index is 0.103. The molecule has 20 heavy (non-hydrogen) atoms. The highest BCUT2D eigenvalue weighted by molar-refractivity contribution is 9.09. The second-order valence-corrected chi connectivity index (χ2v) is 5.89. The zero-order chi connectivity index (χ0) is 15.3. The van der Waals surface area contributed by atoms with Crippen LogP contribution in [-0.4, -0.2) is 30.1 Å². The van der Waals surface area contributed by atoms with Gasteiger partial charge < -0.3 is 14.5 Å². The van der Waals surface area contributed by atoms with Gasteiger partial charge in [-0.15, -0.1) is 0 Å². The van der Waals surface area contributed by atoms with E-state index in [1.165, 1.54) is 0 Å². The first-order chi connectivity index (χ1) is 9.47. The fourth-order valence-corrected chi connectivity index (χ4v) is 2.96. The van der Waals surface area contributed by atoms with E-state index in [9.17, 15) is 9.59 Å². The van der Waals surface area contributed by atoms with Crippen LogP contribution in [0.4, 0.5) is 0 Å². The van der Waals surface area contributed by atoms with Crippen molar-refractivity contribution in [2.75, 3.05) is 13.2 Å². The van der Waals surface area contributed by atoms with Gasteiger partial charge in [-0.3, -0.25) is 0 Å². The zero-order valence-electron chi connectivity index (χ0n) is 11.6. The molecule has 1 atom stereocenters. The maximum Gasteiger partial charge on any atom is 0.355 e. The van der Waals surface area contributed by atoms with Gasteiger partial charge in [0.25, 0.3) is 0 Å². The van der Waals surface area contributed by atoms with Crippen molar-refractivity contribution in [1.29, 1.82) is 0 Å². The van der Waals surface area contributed by atoms with Gasteiger partial charge in [0.15, 0.2) is 0 Å². The molecule has 1 unspecified atom stereocenters. The SMILES string of the molecule is CCOC(=O)c1[nH]c(C(=O)OCC)c(C(C)Br)c1CBr. The average molecular weight is 411 g/mol. The summed E-state index contributed by atoms with van der Waals surface area (Å²) in [4.78, 5) is 26.7. The predicted octanol–water partition coefficient (Wildman–Crippen LogP) is 3.72. The largest absolute Gasteiger partial charge is 0.461 e. The number of rotatable bonds is 6. The fraction of sp³-hybridized carbons (Fsp3) is 0.538. The Bertz CT molecular complexity index is 497. The highest BCUT2D eigenvalue weighted by Gasteiger charge is 2.28. The second-order valence-electron chi connectivity index (χ2n) is 3.96. The number of aromatic nitrogens is 1. The molecule has 0 radical (unpaired) electrons. The standard InChI is InChI=1S/C13H17Br2NO4/c1-4-19-12(17)10-8(6-14)9(7(3)15)11(16-10)13(18)20-5-2/h7,16H,4-6H2,1-3H3. The Morgan fingerprint density at radius 2 is 1.65 bits per heavy atom. The van der Waals surface area contributed by atoms with Gasteiger partial charge in [0.2, 0.25) is 0 Å². The summed E-state index contributed by atoms with van der Waals surface area (Å²) in [5, 5.41) is 0.433. The third-order valence-corrected chi connectivity index (χ3v) is 3.66. The third kappa shape index (κ3) is 3.63. The van der Waals surface area contributed by atoms with Crippen LogP contribution >= 0.6 is 31.9 Å². The van der Waals surface area contributed by atoms with E-state index >= 15 is 0 Å². The van der Waals surface area contributed by atoms with E-state index in [1.54, 1.807) is 13.8 Å². The van der Waals surface area contributed by atoms with Crippen LogP contribution in [0.5, 0.6) is 0 Å². The van der Waals surface area contributed by atoms with Gasteiger partial charge in [-0.1, -0.05) is 31.9 Å². The van der Waals surface area contributed by atoms with Gasteiger partial charge in [0.1, 0.15) is 11.4 Å². The van der Waals surface area contributed by atoms with Crippen molar-refractivity contribution in [2.45, 2.75) is 30.9 Å². The lowest BCUT2D eigenvalue weighted by Gasteiger charge is -2.08. The van der Waals surface area contributed by atoms with E-state index in [0.717, 1.165) is 0 Å². The molecule has 0 aliphatic heterocycles. The topological polar surface area (TPSA) is 68.4 Å². The molecule has 5 nitrogen and oxygen atoms in total. The number of ether oxygens (including phenoxy) is 2. The predicted molar refractivity (Wildman–Crippen MR) is 82.7 cm³/mol. The van der Waals surface area contributed by atoms with E-state index in [2.05, 4.69) is 36.8 Å². The third-order valence-electron chi connectivity index (χ3n) is 2.64. The van der Waals surface area contributed by atoms with E-state index in [-0.39, 0.29) is 29.4 Å². The first-order valence-electron chi connectivity index (χ1n) is 6.26. The van der Waals surface area contributed by atoms with Crippen molar-refractivity contribution in [3.8, 4) is 0 Å². The first-order valence-corrected chi connectivity index (χ1v) is 8.30. The molecule has 7 heteroatoms. The first kappa shape index (κ1) is 17.2. The van der Waals surface area contributed by atoms with Gasteiger partial charge in [0, 0.05) is 21.3 Å². The maximum absolute atomic E-state index is 12.0. The smallest absolute Gasteiger partial charge is 0.355 e. The molecule has 0 bridgehead atoms. The Hall–Kier alpha value is -0.820. The summed E-state index contributed by atoms with van der Waals surface area (Å²) >= 11 is 6.79. The van der Waals surface area contributed by atoms with Gasteiger partial charge in [-0.25, -0.2) is 9.59 Å². The second kappa shape index (κ2) is 7.83. The van der Waals surface area contributed by atoms with Crippen LogP contribution < -0.4 is 0 Å². The van der Waals surface area contributed by atoms with Crippen molar-refractivity contribution < 1.29 is 19.1 Å². The zero-order valence-corrected chi connectivity index (χ0v) is 14.8. The molecule has 0 spiro atoms. The van der Waals surface area contributed by atoms with Gasteiger partial charge in [-0.2, -0.15) is 0 Å². The Morgan fingerprint density at radius 3 is 2.05 bits per heavy atom. The van der Waals surface area contributed by atoms with Crippen molar-refractivity contribution in [3.63, 3.8) is 0 Å². The quantitative estimate of drug-likeness (QED) is 0.573. The van der Waals surface area contributed by atoms with Crippen LogP contribution in [0.1, 0.15) is 57.7 Å². The van der Waals surface area contributed by atoms with Crippen molar-refractivity contribution >= 4 is 43.8 Å². The van der Waals surface area contributed by atoms with Crippen LogP contribution in [0.15, 0.2) is 0 Å². The fourth-order valence-electron chi connectivity index (χ4n) is 1.87. The van der Waals surface area contributed by atoms with Gasteiger partial charge in [0.05, 0.1) is 13.2 Å². The van der Waals surface area contributed by atoms with Crippen LogP contribution in [0.25, 0.3) is 0 Å². The number of carbonyl (C=O) groups is 2. The molecule has 0 saturated carbocycles. The Balaban J connectivity index is 3.37. The van der Waals surface area contributed by atoms with E-state index in [1.807, 2.05) is 6.92 Å². The summed E-state index contributed by atoms with van der Waals surface area (Å²) in [6.07, 6.45) is 0. The molecule has 0 aliphatic carbocycles. The molecule has 1 aromatic heterocycles. The molecule has 112 valence electrons. The normalized spacial score (nSPS) is 12.1. The number of alkyl halides is 2. The number of H-pyrrole nitrogens is 1. The number of halogens is 2. The highest BCUT2D eigenvalue weighted by Crippen LogP contribution is 2.33. The molecule has 0 fully saturated rings. The van der Waals surface area contributed by atoms with Crippen LogP contribution in [0, 0.1) is 0 Å². The van der Waals surface area contributed by atoms with Gasteiger partial charge in [-0.05, 0) is 20.8 Å². The summed E-state index contributed by atoms with van der Waals surface area (Å²) < 4.78 is 10.0. The number of hydrogen-bond donors (Lipinski definition) is 1. The van der Waals surface area contributed by atoms with Crippen molar-refractivity contribution in [2.24, 2.45) is 0 Å². The molecule has 1 heterocycles. The summed E-state index contributed by atoms with van der Waals surface area (Å²) in [5.41, 5.74) is 1.99.